The van der Waals surface area contributed by atoms with E-state index in [1.165, 1.54) is 22.4 Å². The van der Waals surface area contributed by atoms with E-state index in [-0.39, 0.29) is 6.04 Å². The van der Waals surface area contributed by atoms with Gasteiger partial charge in [-0.2, -0.15) is 5.10 Å². The van der Waals surface area contributed by atoms with Crippen LogP contribution in [0, 0.1) is 20.8 Å². The van der Waals surface area contributed by atoms with Crippen LogP contribution < -0.4 is 5.73 Å². The zero-order valence-electron chi connectivity index (χ0n) is 13.2. The highest BCUT2D eigenvalue weighted by Crippen LogP contribution is 2.23. The van der Waals surface area contributed by atoms with Gasteiger partial charge in [-0.3, -0.25) is 0 Å². The Morgan fingerprint density at radius 1 is 1.25 bits per heavy atom. The summed E-state index contributed by atoms with van der Waals surface area (Å²) in [5, 5.41) is 4.72. The first kappa shape index (κ1) is 14.8. The van der Waals surface area contributed by atoms with Gasteiger partial charge in [0.2, 0.25) is 0 Å². The Hall–Kier alpha value is -1.61. The van der Waals surface area contributed by atoms with Crippen molar-refractivity contribution in [2.75, 3.05) is 0 Å². The number of aromatic nitrogens is 2. The topological polar surface area (TPSA) is 43.8 Å². The fourth-order valence-corrected chi connectivity index (χ4v) is 2.85. The molecule has 1 aromatic heterocycles. The minimum absolute atomic E-state index is 0.151. The first-order valence-corrected chi connectivity index (χ1v) is 7.34. The first-order chi connectivity index (χ1) is 9.43. The van der Waals surface area contributed by atoms with Gasteiger partial charge in [-0.15, -0.1) is 0 Å². The number of nitrogens with zero attached hydrogens (tertiary/aromatic N) is 2. The molecule has 1 aromatic carbocycles. The van der Waals surface area contributed by atoms with Gasteiger partial charge in [0.05, 0.1) is 11.4 Å². The molecule has 2 aromatic rings. The van der Waals surface area contributed by atoms with Crippen LogP contribution in [0.2, 0.25) is 0 Å². The number of nitrogens with two attached hydrogens (primary N) is 1. The summed E-state index contributed by atoms with van der Waals surface area (Å²) in [6.45, 7) is 10.6. The second-order valence-electron chi connectivity index (χ2n) is 5.73. The van der Waals surface area contributed by atoms with Crippen LogP contribution in [0.25, 0.3) is 5.69 Å². The molecule has 0 amide bonds. The summed E-state index contributed by atoms with van der Waals surface area (Å²) in [4.78, 5) is 0. The number of hydrogen-bond acceptors (Lipinski definition) is 2. The average Bonchev–Trinajstić information content (AvgIpc) is 2.64. The van der Waals surface area contributed by atoms with Crippen molar-refractivity contribution in [3.63, 3.8) is 0 Å². The molecule has 2 rings (SSSR count). The van der Waals surface area contributed by atoms with Crippen LogP contribution in [0.4, 0.5) is 0 Å². The Morgan fingerprint density at radius 3 is 2.50 bits per heavy atom. The third-order valence-corrected chi connectivity index (χ3v) is 3.80. The summed E-state index contributed by atoms with van der Waals surface area (Å²) in [7, 11) is 0. The van der Waals surface area contributed by atoms with Crippen molar-refractivity contribution in [2.24, 2.45) is 5.73 Å². The van der Waals surface area contributed by atoms with Crippen molar-refractivity contribution >= 4 is 0 Å². The lowest BCUT2D eigenvalue weighted by Gasteiger charge is -2.14. The molecule has 20 heavy (non-hydrogen) atoms. The van der Waals surface area contributed by atoms with Gasteiger partial charge in [0.15, 0.2) is 0 Å². The summed E-state index contributed by atoms with van der Waals surface area (Å²) in [5.74, 6) is 0. The quantitative estimate of drug-likeness (QED) is 0.927. The molecule has 0 aliphatic rings. The molecular formula is C17H25N3. The molecule has 0 spiro atoms. The minimum Gasteiger partial charge on any atom is -0.328 e. The largest absolute Gasteiger partial charge is 0.328 e. The van der Waals surface area contributed by atoms with Crippen molar-refractivity contribution in [1.29, 1.82) is 0 Å². The summed E-state index contributed by atoms with van der Waals surface area (Å²) in [6.07, 6.45) is 1.89. The van der Waals surface area contributed by atoms with Crippen molar-refractivity contribution in [3.05, 3.63) is 46.3 Å². The Labute approximate surface area is 121 Å². The molecule has 1 atom stereocenters. The van der Waals surface area contributed by atoms with Gasteiger partial charge in [0.25, 0.3) is 0 Å². The van der Waals surface area contributed by atoms with Gasteiger partial charge >= 0.3 is 0 Å². The lowest BCUT2D eigenvalue weighted by Crippen LogP contribution is -2.19. The smallest absolute Gasteiger partial charge is 0.0681 e. The molecule has 0 fully saturated rings. The van der Waals surface area contributed by atoms with Crippen LogP contribution in [-0.4, -0.2) is 15.8 Å². The van der Waals surface area contributed by atoms with Crippen LogP contribution in [0.5, 0.6) is 0 Å². The average molecular weight is 271 g/mol. The SMILES string of the molecule is CCc1c(C)nn(-c2ccc(C)cc2CC(C)N)c1C. The maximum Gasteiger partial charge on any atom is 0.0681 e. The number of rotatable bonds is 4. The highest BCUT2D eigenvalue weighted by atomic mass is 15.3. The fraction of sp³-hybridized carbons (Fsp3) is 0.471. The predicted octanol–water partition coefficient (Wildman–Crippen LogP) is 3.25. The lowest BCUT2D eigenvalue weighted by atomic mass is 10.0. The normalized spacial score (nSPS) is 12.7. The Morgan fingerprint density at radius 2 is 1.95 bits per heavy atom. The zero-order valence-corrected chi connectivity index (χ0v) is 13.2. The number of aryl methyl sites for hydroxylation is 2. The monoisotopic (exact) mass is 271 g/mol. The van der Waals surface area contributed by atoms with E-state index in [9.17, 15) is 0 Å². The summed E-state index contributed by atoms with van der Waals surface area (Å²) in [5.41, 5.74) is 13.4. The van der Waals surface area contributed by atoms with E-state index < -0.39 is 0 Å². The van der Waals surface area contributed by atoms with E-state index in [1.54, 1.807) is 0 Å². The third-order valence-electron chi connectivity index (χ3n) is 3.80. The summed E-state index contributed by atoms with van der Waals surface area (Å²) < 4.78 is 2.07. The van der Waals surface area contributed by atoms with E-state index in [1.807, 2.05) is 6.92 Å². The van der Waals surface area contributed by atoms with E-state index in [0.29, 0.717) is 0 Å². The van der Waals surface area contributed by atoms with E-state index in [0.717, 1.165) is 24.2 Å². The van der Waals surface area contributed by atoms with Gasteiger partial charge in [-0.05, 0) is 57.7 Å². The second kappa shape index (κ2) is 5.80. The van der Waals surface area contributed by atoms with Crippen LogP contribution in [0.3, 0.4) is 0 Å². The molecule has 3 heteroatoms. The molecule has 1 heterocycles. The molecule has 3 nitrogen and oxygen atoms in total. The Balaban J connectivity index is 2.57. The number of hydrogen-bond donors (Lipinski definition) is 1. The summed E-state index contributed by atoms with van der Waals surface area (Å²) in [6, 6.07) is 6.67. The molecule has 0 saturated carbocycles. The van der Waals surface area contributed by atoms with Gasteiger partial charge < -0.3 is 5.73 Å². The third kappa shape index (κ3) is 2.78. The van der Waals surface area contributed by atoms with E-state index >= 15 is 0 Å². The van der Waals surface area contributed by atoms with Crippen molar-refractivity contribution in [3.8, 4) is 5.69 Å². The predicted molar refractivity (Wildman–Crippen MR) is 84.5 cm³/mol. The van der Waals surface area contributed by atoms with Crippen LogP contribution in [-0.2, 0) is 12.8 Å². The first-order valence-electron chi connectivity index (χ1n) is 7.34. The van der Waals surface area contributed by atoms with Gasteiger partial charge in [0.1, 0.15) is 0 Å². The molecule has 0 radical (unpaired) electrons. The lowest BCUT2D eigenvalue weighted by molar-refractivity contribution is 0.723. The van der Waals surface area contributed by atoms with E-state index in [4.69, 9.17) is 10.8 Å². The fourth-order valence-electron chi connectivity index (χ4n) is 2.85. The zero-order chi connectivity index (χ0) is 14.9. The molecule has 2 N–H and O–H groups in total. The van der Waals surface area contributed by atoms with Crippen LogP contribution in [0.15, 0.2) is 18.2 Å². The Kier molecular flexibility index (Phi) is 4.29. The summed E-state index contributed by atoms with van der Waals surface area (Å²) >= 11 is 0. The highest BCUT2D eigenvalue weighted by molar-refractivity contribution is 5.46. The molecule has 0 aliphatic carbocycles. The minimum atomic E-state index is 0.151. The molecular weight excluding hydrogens is 246 g/mol. The van der Waals surface area contributed by atoms with Crippen molar-refractivity contribution in [1.82, 2.24) is 9.78 Å². The Bertz CT molecular complexity index is 609. The van der Waals surface area contributed by atoms with Gasteiger partial charge in [-0.25, -0.2) is 4.68 Å². The number of benzene rings is 1. The second-order valence-corrected chi connectivity index (χ2v) is 5.73. The standard InChI is InChI=1S/C17H25N3/c1-6-16-13(4)19-20(14(16)5)17-8-7-11(2)9-15(17)10-12(3)18/h7-9,12H,6,10,18H2,1-5H3. The van der Waals surface area contributed by atoms with Crippen LogP contribution >= 0.6 is 0 Å². The molecule has 0 aliphatic heterocycles. The molecule has 0 bridgehead atoms. The maximum atomic E-state index is 5.99. The maximum absolute atomic E-state index is 5.99. The molecule has 108 valence electrons. The van der Waals surface area contributed by atoms with Crippen molar-refractivity contribution in [2.45, 2.75) is 53.5 Å². The van der Waals surface area contributed by atoms with Gasteiger partial charge in [-0.1, -0.05) is 24.6 Å². The molecule has 0 saturated heterocycles. The van der Waals surface area contributed by atoms with Crippen molar-refractivity contribution < 1.29 is 0 Å². The van der Waals surface area contributed by atoms with Gasteiger partial charge in [0, 0.05) is 11.7 Å². The molecule has 1 unspecified atom stereocenters. The van der Waals surface area contributed by atoms with Crippen LogP contribution in [0.1, 0.15) is 41.9 Å². The van der Waals surface area contributed by atoms with E-state index in [2.05, 4.69) is 50.6 Å². The highest BCUT2D eigenvalue weighted by Gasteiger charge is 2.14.